The van der Waals surface area contributed by atoms with Crippen LogP contribution < -0.4 is 9.54 Å². The second kappa shape index (κ2) is 8.96. The summed E-state index contributed by atoms with van der Waals surface area (Å²) in [7, 11) is 1.55. The van der Waals surface area contributed by atoms with Crippen molar-refractivity contribution in [2.24, 2.45) is 4.99 Å². The van der Waals surface area contributed by atoms with E-state index in [1.165, 1.54) is 11.3 Å². The first-order valence-electron chi connectivity index (χ1n) is 8.89. The van der Waals surface area contributed by atoms with E-state index >= 15 is 0 Å². The summed E-state index contributed by atoms with van der Waals surface area (Å²) in [6.45, 7) is 4.26. The van der Waals surface area contributed by atoms with Crippen molar-refractivity contribution in [1.82, 2.24) is 9.47 Å². The summed E-state index contributed by atoms with van der Waals surface area (Å²) in [4.78, 5) is 32.1. The Morgan fingerprint density at radius 2 is 2.11 bits per heavy atom. The predicted molar refractivity (Wildman–Crippen MR) is 102 cm³/mol. The summed E-state index contributed by atoms with van der Waals surface area (Å²) in [5, 5.41) is 1.84. The van der Waals surface area contributed by atoms with E-state index in [2.05, 4.69) is 4.99 Å². The molecule has 1 aromatic carbocycles. The molecule has 27 heavy (non-hydrogen) atoms. The second-order valence-corrected chi connectivity index (χ2v) is 6.98. The van der Waals surface area contributed by atoms with Gasteiger partial charge in [0, 0.05) is 30.2 Å². The lowest BCUT2D eigenvalue weighted by molar-refractivity contribution is -0.139. The van der Waals surface area contributed by atoms with Gasteiger partial charge in [0.1, 0.15) is 11.8 Å². The average molecular weight is 389 g/mol. The molecule has 1 aliphatic rings. The first-order valence-corrected chi connectivity index (χ1v) is 9.77. The van der Waals surface area contributed by atoms with Gasteiger partial charge in [-0.1, -0.05) is 13.0 Å². The van der Waals surface area contributed by atoms with Crippen molar-refractivity contribution < 1.29 is 19.1 Å². The highest BCUT2D eigenvalue weighted by Crippen LogP contribution is 2.16. The fourth-order valence-corrected chi connectivity index (χ4v) is 3.75. The third-order valence-corrected chi connectivity index (χ3v) is 5.23. The minimum Gasteiger partial charge on any atom is -0.497 e. The van der Waals surface area contributed by atoms with E-state index < -0.39 is 0 Å². The maximum absolute atomic E-state index is 12.9. The molecule has 0 bridgehead atoms. The quantitative estimate of drug-likeness (QED) is 0.785. The van der Waals surface area contributed by atoms with Gasteiger partial charge >= 0.3 is 0 Å². The number of carbonyl (C=O) groups excluding carboxylic acids is 2. The van der Waals surface area contributed by atoms with Crippen molar-refractivity contribution in [3.8, 4) is 5.75 Å². The SMILES string of the molecule is CCC(C(=O)N1CCOCC1)n1ccsc1=NC(=O)c1cccc(OC)c1. The molecule has 2 amide bonds. The van der Waals surface area contributed by atoms with Crippen molar-refractivity contribution in [3.63, 3.8) is 0 Å². The van der Waals surface area contributed by atoms with Crippen LogP contribution in [0.4, 0.5) is 0 Å². The lowest BCUT2D eigenvalue weighted by Gasteiger charge is -2.30. The van der Waals surface area contributed by atoms with Crippen LogP contribution in [0.3, 0.4) is 0 Å². The molecule has 0 radical (unpaired) electrons. The number of aromatic nitrogens is 1. The summed E-state index contributed by atoms with van der Waals surface area (Å²) in [5.74, 6) is 0.275. The van der Waals surface area contributed by atoms with E-state index in [1.54, 1.807) is 35.9 Å². The maximum atomic E-state index is 12.9. The molecule has 1 unspecified atom stereocenters. The first-order chi connectivity index (χ1) is 13.1. The Hall–Kier alpha value is -2.45. The summed E-state index contributed by atoms with van der Waals surface area (Å²) in [6, 6.07) is 6.49. The molecular formula is C19H23N3O4S. The molecule has 1 aliphatic heterocycles. The number of ether oxygens (including phenoxy) is 2. The number of morpholine rings is 1. The number of thiazole rings is 1. The van der Waals surface area contributed by atoms with Gasteiger partial charge in [0.15, 0.2) is 4.80 Å². The van der Waals surface area contributed by atoms with Crippen LogP contribution in [0.5, 0.6) is 5.75 Å². The molecule has 1 atom stereocenters. The topological polar surface area (TPSA) is 73.1 Å². The minimum atomic E-state index is -0.383. The summed E-state index contributed by atoms with van der Waals surface area (Å²) in [6.07, 6.45) is 2.43. The van der Waals surface area contributed by atoms with Crippen LogP contribution in [0, 0.1) is 0 Å². The molecule has 1 saturated heterocycles. The van der Waals surface area contributed by atoms with E-state index in [0.717, 1.165) is 0 Å². The molecule has 1 aromatic heterocycles. The van der Waals surface area contributed by atoms with Gasteiger partial charge in [-0.25, -0.2) is 0 Å². The van der Waals surface area contributed by atoms with Gasteiger partial charge in [-0.3, -0.25) is 9.59 Å². The third kappa shape index (κ3) is 4.45. The lowest BCUT2D eigenvalue weighted by atomic mass is 10.2. The molecule has 1 fully saturated rings. The Morgan fingerprint density at radius 1 is 1.33 bits per heavy atom. The van der Waals surface area contributed by atoms with Gasteiger partial charge < -0.3 is 18.9 Å². The molecule has 2 aromatic rings. The fraction of sp³-hybridized carbons (Fsp3) is 0.421. The number of hydrogen-bond acceptors (Lipinski definition) is 5. The Morgan fingerprint density at radius 3 is 2.81 bits per heavy atom. The number of carbonyl (C=O) groups is 2. The van der Waals surface area contributed by atoms with Crippen molar-refractivity contribution in [2.75, 3.05) is 33.4 Å². The lowest BCUT2D eigenvalue weighted by Crippen LogP contribution is -2.45. The van der Waals surface area contributed by atoms with Gasteiger partial charge in [0.05, 0.1) is 20.3 Å². The molecule has 0 aliphatic carbocycles. The summed E-state index contributed by atoms with van der Waals surface area (Å²) >= 11 is 1.34. The van der Waals surface area contributed by atoms with Gasteiger partial charge in [0.25, 0.3) is 5.91 Å². The summed E-state index contributed by atoms with van der Waals surface area (Å²) in [5.41, 5.74) is 0.446. The highest BCUT2D eigenvalue weighted by atomic mass is 32.1. The number of rotatable bonds is 5. The van der Waals surface area contributed by atoms with E-state index in [-0.39, 0.29) is 17.9 Å². The van der Waals surface area contributed by atoms with Crippen LogP contribution >= 0.6 is 11.3 Å². The van der Waals surface area contributed by atoms with Crippen LogP contribution in [-0.2, 0) is 9.53 Å². The Labute approximate surface area is 161 Å². The van der Waals surface area contributed by atoms with Gasteiger partial charge in [-0.2, -0.15) is 4.99 Å². The van der Waals surface area contributed by atoms with Crippen molar-refractivity contribution in [1.29, 1.82) is 0 Å². The molecule has 7 nitrogen and oxygen atoms in total. The molecule has 8 heteroatoms. The van der Waals surface area contributed by atoms with Gasteiger partial charge in [-0.05, 0) is 24.6 Å². The monoisotopic (exact) mass is 389 g/mol. The number of benzene rings is 1. The minimum absolute atomic E-state index is 0.0366. The van der Waals surface area contributed by atoms with Crippen molar-refractivity contribution in [2.45, 2.75) is 19.4 Å². The van der Waals surface area contributed by atoms with E-state index in [9.17, 15) is 9.59 Å². The second-order valence-electron chi connectivity index (χ2n) is 6.10. The van der Waals surface area contributed by atoms with Crippen LogP contribution in [-0.4, -0.2) is 54.7 Å². The normalized spacial score (nSPS) is 16.2. The van der Waals surface area contributed by atoms with Crippen molar-refractivity contribution in [3.05, 3.63) is 46.2 Å². The highest BCUT2D eigenvalue weighted by Gasteiger charge is 2.26. The fourth-order valence-electron chi connectivity index (χ4n) is 3.00. The Bertz CT molecular complexity index is 868. The predicted octanol–water partition coefficient (Wildman–Crippen LogP) is 2.11. The molecule has 0 saturated carbocycles. The Balaban J connectivity index is 1.87. The average Bonchev–Trinajstić information content (AvgIpc) is 3.17. The van der Waals surface area contributed by atoms with Crippen LogP contribution in [0.25, 0.3) is 0 Å². The first kappa shape index (κ1) is 19.3. The number of methoxy groups -OCH3 is 1. The zero-order chi connectivity index (χ0) is 19.2. The van der Waals surface area contributed by atoms with E-state index in [1.807, 2.05) is 23.4 Å². The maximum Gasteiger partial charge on any atom is 0.279 e. The highest BCUT2D eigenvalue weighted by molar-refractivity contribution is 7.07. The van der Waals surface area contributed by atoms with E-state index in [4.69, 9.17) is 9.47 Å². The number of amides is 2. The third-order valence-electron chi connectivity index (χ3n) is 4.46. The zero-order valence-electron chi connectivity index (χ0n) is 15.5. The number of hydrogen-bond donors (Lipinski definition) is 0. The van der Waals surface area contributed by atoms with Crippen LogP contribution in [0.2, 0.25) is 0 Å². The molecule has 0 N–H and O–H groups in total. The van der Waals surface area contributed by atoms with Gasteiger partial charge in [-0.15, -0.1) is 11.3 Å². The zero-order valence-corrected chi connectivity index (χ0v) is 16.3. The van der Waals surface area contributed by atoms with E-state index in [0.29, 0.717) is 48.8 Å². The van der Waals surface area contributed by atoms with Crippen molar-refractivity contribution >= 4 is 23.2 Å². The molecular weight excluding hydrogens is 366 g/mol. The Kier molecular flexibility index (Phi) is 6.41. The summed E-state index contributed by atoms with van der Waals surface area (Å²) < 4.78 is 12.3. The molecule has 2 heterocycles. The van der Waals surface area contributed by atoms with Gasteiger partial charge in [0.2, 0.25) is 5.91 Å². The number of nitrogens with zero attached hydrogens (tertiary/aromatic N) is 3. The smallest absolute Gasteiger partial charge is 0.279 e. The standard InChI is InChI=1S/C19H23N3O4S/c1-3-16(18(24)21-7-10-26-11-8-21)22-9-12-27-19(22)20-17(23)14-5-4-6-15(13-14)25-2/h4-6,9,12-13,16H,3,7-8,10-11H2,1-2H3. The molecule has 3 rings (SSSR count). The largest absolute Gasteiger partial charge is 0.497 e. The van der Waals surface area contributed by atoms with Crippen LogP contribution in [0.1, 0.15) is 29.7 Å². The molecule has 144 valence electrons. The van der Waals surface area contributed by atoms with Crippen LogP contribution in [0.15, 0.2) is 40.8 Å². The molecule has 0 spiro atoms.